The number of unbranched alkanes of at least 4 members (excludes halogenated alkanes) is 1. The van der Waals surface area contributed by atoms with E-state index in [1.54, 1.807) is 16.7 Å². The summed E-state index contributed by atoms with van der Waals surface area (Å²) in [6.07, 6.45) is 2.63. The summed E-state index contributed by atoms with van der Waals surface area (Å²) in [6.45, 7) is 2.73. The van der Waals surface area contributed by atoms with Gasteiger partial charge >= 0.3 is 0 Å². The van der Waals surface area contributed by atoms with Crippen LogP contribution in [0.1, 0.15) is 47.5 Å². The van der Waals surface area contributed by atoms with Gasteiger partial charge in [-0.3, -0.25) is 14.9 Å². The van der Waals surface area contributed by atoms with E-state index in [0.29, 0.717) is 23.7 Å². The first-order valence-corrected chi connectivity index (χ1v) is 12.2. The summed E-state index contributed by atoms with van der Waals surface area (Å²) >= 11 is 3.04. The SMILES string of the molecule is CCCCSc1ccccc1C(=O)Nc1nnc(C2CC(=O)N(c3ccccc3)C2)s1. The summed E-state index contributed by atoms with van der Waals surface area (Å²) < 4.78 is 0. The molecule has 1 N–H and O–H groups in total. The van der Waals surface area contributed by atoms with Crippen LogP contribution in [0.15, 0.2) is 59.5 Å². The summed E-state index contributed by atoms with van der Waals surface area (Å²) in [5.74, 6) is 0.857. The number of nitrogens with one attached hydrogen (secondary N) is 1. The second-order valence-corrected chi connectivity index (χ2v) is 9.48. The first-order chi connectivity index (χ1) is 15.2. The Balaban J connectivity index is 1.42. The number of thioether (sulfide) groups is 1. The van der Waals surface area contributed by atoms with Crippen molar-refractivity contribution in [2.45, 2.75) is 37.0 Å². The molecular weight excluding hydrogens is 428 g/mol. The van der Waals surface area contributed by atoms with Gasteiger partial charge in [0.1, 0.15) is 5.01 Å². The fourth-order valence-electron chi connectivity index (χ4n) is 3.45. The number of rotatable bonds is 8. The van der Waals surface area contributed by atoms with Crippen LogP contribution in [0.25, 0.3) is 0 Å². The molecule has 160 valence electrons. The Hall–Kier alpha value is -2.71. The van der Waals surface area contributed by atoms with Crippen molar-refractivity contribution in [3.63, 3.8) is 0 Å². The molecule has 1 aromatic heterocycles. The van der Waals surface area contributed by atoms with Crippen LogP contribution in [-0.2, 0) is 4.79 Å². The van der Waals surface area contributed by atoms with E-state index in [2.05, 4.69) is 22.4 Å². The topological polar surface area (TPSA) is 75.2 Å². The Labute approximate surface area is 190 Å². The maximum atomic E-state index is 12.8. The van der Waals surface area contributed by atoms with Gasteiger partial charge in [-0.05, 0) is 36.4 Å². The molecule has 1 unspecified atom stereocenters. The summed E-state index contributed by atoms with van der Waals surface area (Å²) in [7, 11) is 0. The van der Waals surface area contributed by atoms with Crippen molar-refractivity contribution in [2.75, 3.05) is 22.5 Å². The van der Waals surface area contributed by atoms with Gasteiger partial charge in [0, 0.05) is 29.5 Å². The second kappa shape index (κ2) is 10.1. The number of para-hydroxylation sites is 1. The number of carbonyl (C=O) groups excluding carboxylic acids is 2. The van der Waals surface area contributed by atoms with Crippen LogP contribution in [0.5, 0.6) is 0 Å². The largest absolute Gasteiger partial charge is 0.312 e. The number of benzene rings is 2. The minimum atomic E-state index is -0.185. The predicted octanol–water partition coefficient (Wildman–Crippen LogP) is 5.20. The van der Waals surface area contributed by atoms with E-state index in [1.165, 1.54) is 11.3 Å². The molecule has 2 aromatic carbocycles. The maximum absolute atomic E-state index is 12.8. The highest BCUT2D eigenvalue weighted by molar-refractivity contribution is 7.99. The van der Waals surface area contributed by atoms with Crippen LogP contribution in [0.4, 0.5) is 10.8 Å². The summed E-state index contributed by atoms with van der Waals surface area (Å²) in [4.78, 5) is 28.1. The van der Waals surface area contributed by atoms with Crippen molar-refractivity contribution in [3.05, 3.63) is 65.2 Å². The van der Waals surface area contributed by atoms with Crippen molar-refractivity contribution in [1.29, 1.82) is 0 Å². The first kappa shape index (κ1) is 21.5. The van der Waals surface area contributed by atoms with E-state index in [4.69, 9.17) is 0 Å². The van der Waals surface area contributed by atoms with E-state index in [9.17, 15) is 9.59 Å². The minimum Gasteiger partial charge on any atom is -0.312 e. The number of aromatic nitrogens is 2. The lowest BCUT2D eigenvalue weighted by Crippen LogP contribution is -2.24. The van der Waals surface area contributed by atoms with Gasteiger partial charge in [0.25, 0.3) is 5.91 Å². The summed E-state index contributed by atoms with van der Waals surface area (Å²) in [5.41, 5.74) is 1.54. The van der Waals surface area contributed by atoms with Crippen molar-refractivity contribution < 1.29 is 9.59 Å². The van der Waals surface area contributed by atoms with Crippen LogP contribution in [0.2, 0.25) is 0 Å². The van der Waals surface area contributed by atoms with E-state index in [1.807, 2.05) is 54.6 Å². The van der Waals surface area contributed by atoms with Gasteiger partial charge < -0.3 is 4.90 Å². The Morgan fingerprint density at radius 2 is 1.94 bits per heavy atom. The minimum absolute atomic E-state index is 0.0206. The van der Waals surface area contributed by atoms with Crippen LogP contribution in [0, 0.1) is 0 Å². The van der Waals surface area contributed by atoms with E-state index >= 15 is 0 Å². The van der Waals surface area contributed by atoms with E-state index in [-0.39, 0.29) is 17.7 Å². The second-order valence-electron chi connectivity index (χ2n) is 7.34. The molecular formula is C23H24N4O2S2. The Morgan fingerprint density at radius 3 is 2.74 bits per heavy atom. The zero-order valence-corrected chi connectivity index (χ0v) is 18.9. The molecule has 1 aliphatic rings. The normalized spacial score (nSPS) is 16.0. The third kappa shape index (κ3) is 5.14. The lowest BCUT2D eigenvalue weighted by molar-refractivity contribution is -0.117. The van der Waals surface area contributed by atoms with Crippen molar-refractivity contribution >= 4 is 45.7 Å². The molecule has 1 aliphatic heterocycles. The molecule has 8 heteroatoms. The summed E-state index contributed by atoms with van der Waals surface area (Å²) in [5, 5.41) is 12.5. The highest BCUT2D eigenvalue weighted by Gasteiger charge is 2.34. The van der Waals surface area contributed by atoms with E-state index in [0.717, 1.165) is 34.2 Å². The molecule has 3 aromatic rings. The third-order valence-electron chi connectivity index (χ3n) is 5.09. The predicted molar refractivity (Wildman–Crippen MR) is 126 cm³/mol. The fourth-order valence-corrected chi connectivity index (χ4v) is 5.43. The summed E-state index contributed by atoms with van der Waals surface area (Å²) in [6, 6.07) is 17.3. The van der Waals surface area contributed by atoms with Gasteiger partial charge in [0.05, 0.1) is 5.56 Å². The number of hydrogen-bond donors (Lipinski definition) is 1. The van der Waals surface area contributed by atoms with Gasteiger partial charge in [0.2, 0.25) is 11.0 Å². The molecule has 0 bridgehead atoms. The van der Waals surface area contributed by atoms with Gasteiger partial charge in [0.15, 0.2) is 0 Å². The average molecular weight is 453 g/mol. The average Bonchev–Trinajstić information content (AvgIpc) is 3.41. The fraction of sp³-hybridized carbons (Fsp3) is 0.304. The zero-order chi connectivity index (χ0) is 21.6. The van der Waals surface area contributed by atoms with Crippen LogP contribution in [-0.4, -0.2) is 34.3 Å². The molecule has 6 nitrogen and oxygen atoms in total. The molecule has 1 atom stereocenters. The number of amides is 2. The van der Waals surface area contributed by atoms with Crippen molar-refractivity contribution in [2.24, 2.45) is 0 Å². The number of nitrogens with zero attached hydrogens (tertiary/aromatic N) is 3. The molecule has 2 amide bonds. The van der Waals surface area contributed by atoms with Gasteiger partial charge in [-0.15, -0.1) is 22.0 Å². The molecule has 31 heavy (non-hydrogen) atoms. The maximum Gasteiger partial charge on any atom is 0.258 e. The number of carbonyl (C=O) groups is 2. The lowest BCUT2D eigenvalue weighted by Gasteiger charge is -2.15. The molecule has 0 radical (unpaired) electrons. The Kier molecular flexibility index (Phi) is 6.99. The van der Waals surface area contributed by atoms with E-state index < -0.39 is 0 Å². The third-order valence-corrected chi connectivity index (χ3v) is 7.25. The zero-order valence-electron chi connectivity index (χ0n) is 17.3. The molecule has 1 saturated heterocycles. The molecule has 2 heterocycles. The van der Waals surface area contributed by atoms with Crippen LogP contribution < -0.4 is 10.2 Å². The lowest BCUT2D eigenvalue weighted by atomic mass is 10.1. The standard InChI is InChI=1S/C23H24N4O2S2/c1-2-3-13-30-19-12-8-7-11-18(19)21(29)24-23-26-25-22(31-23)16-14-20(28)27(15-16)17-9-5-4-6-10-17/h4-12,16H,2-3,13-15H2,1H3,(H,24,26,29). The number of hydrogen-bond acceptors (Lipinski definition) is 6. The molecule has 1 fully saturated rings. The highest BCUT2D eigenvalue weighted by Crippen LogP contribution is 2.34. The molecule has 0 spiro atoms. The van der Waals surface area contributed by atoms with Crippen molar-refractivity contribution in [1.82, 2.24) is 10.2 Å². The quantitative estimate of drug-likeness (QED) is 0.375. The van der Waals surface area contributed by atoms with Gasteiger partial charge in [-0.25, -0.2) is 0 Å². The first-order valence-electron chi connectivity index (χ1n) is 10.4. The van der Waals surface area contributed by atoms with Gasteiger partial charge in [-0.1, -0.05) is 55.0 Å². The number of anilines is 2. The van der Waals surface area contributed by atoms with Crippen LogP contribution in [0.3, 0.4) is 0 Å². The molecule has 0 aliphatic carbocycles. The molecule has 0 saturated carbocycles. The Morgan fingerprint density at radius 1 is 1.16 bits per heavy atom. The highest BCUT2D eigenvalue weighted by atomic mass is 32.2. The van der Waals surface area contributed by atoms with Gasteiger partial charge in [-0.2, -0.15) is 0 Å². The Bertz CT molecular complexity index is 1050. The monoisotopic (exact) mass is 452 g/mol. The smallest absolute Gasteiger partial charge is 0.258 e. The van der Waals surface area contributed by atoms with Crippen LogP contribution >= 0.6 is 23.1 Å². The molecule has 4 rings (SSSR count). The van der Waals surface area contributed by atoms with Crippen molar-refractivity contribution in [3.8, 4) is 0 Å².